The molecule has 0 aliphatic carbocycles. The van der Waals surface area contributed by atoms with E-state index in [1.54, 1.807) is 13.2 Å². The van der Waals surface area contributed by atoms with Gasteiger partial charge in [-0.3, -0.25) is 4.79 Å². The summed E-state index contributed by atoms with van der Waals surface area (Å²) in [7, 11) is 1.61. The number of anilines is 2. The second-order valence-electron chi connectivity index (χ2n) is 9.55. The van der Waals surface area contributed by atoms with Crippen LogP contribution in [0.1, 0.15) is 16.7 Å². The van der Waals surface area contributed by atoms with Crippen LogP contribution in [0, 0.1) is 5.92 Å². The number of carbonyl (C=O) groups excluding carboxylic acids is 1. The van der Waals surface area contributed by atoms with Gasteiger partial charge in [0.05, 0.1) is 24.6 Å². The molecule has 3 aromatic rings. The van der Waals surface area contributed by atoms with Crippen LogP contribution in [-0.4, -0.2) is 45.2 Å². The molecule has 1 fully saturated rings. The summed E-state index contributed by atoms with van der Waals surface area (Å²) in [4.78, 5) is 17.9. The first-order valence-corrected chi connectivity index (χ1v) is 12.5. The normalized spacial score (nSPS) is 19.1. The number of carbonyl (C=O) groups is 1. The monoisotopic (exact) mass is 509 g/mol. The average molecular weight is 510 g/mol. The second-order valence-corrected chi connectivity index (χ2v) is 9.55. The highest BCUT2D eigenvalue weighted by molar-refractivity contribution is 5.82. The van der Waals surface area contributed by atoms with Crippen molar-refractivity contribution >= 4 is 17.3 Å². The lowest BCUT2D eigenvalue weighted by atomic mass is 9.82. The van der Waals surface area contributed by atoms with Gasteiger partial charge in [0.1, 0.15) is 5.75 Å². The number of nitrogens with zero attached hydrogens (tertiary/aromatic N) is 2. The molecule has 5 nitrogen and oxygen atoms in total. The van der Waals surface area contributed by atoms with Crippen LogP contribution in [0.15, 0.2) is 72.8 Å². The summed E-state index contributed by atoms with van der Waals surface area (Å²) in [5.74, 6) is 0.156. The van der Waals surface area contributed by atoms with E-state index in [9.17, 15) is 18.0 Å². The maximum Gasteiger partial charge on any atom is 0.416 e. The standard InChI is InChI=1S/C29H30F3N3O2/c1-37-27-10-6-5-7-20(27)13-14-33-28(36)24-18-21-17-22(29(30,31)32)11-12-25(21)35-16-15-34(19-26(24)35)23-8-3-2-4-9-23/h2-12,17,24,26H,13-16,18-19H2,1H3,(H,33,36). The molecule has 2 aliphatic rings. The van der Waals surface area contributed by atoms with E-state index in [1.165, 1.54) is 6.07 Å². The topological polar surface area (TPSA) is 44.8 Å². The van der Waals surface area contributed by atoms with E-state index in [0.717, 1.165) is 35.3 Å². The summed E-state index contributed by atoms with van der Waals surface area (Å²) in [6.07, 6.45) is -3.56. The van der Waals surface area contributed by atoms with Gasteiger partial charge in [-0.05, 0) is 60.4 Å². The summed E-state index contributed by atoms with van der Waals surface area (Å²) in [6, 6.07) is 21.5. The molecule has 194 valence electrons. The van der Waals surface area contributed by atoms with Crippen molar-refractivity contribution in [2.75, 3.05) is 43.1 Å². The van der Waals surface area contributed by atoms with Crippen molar-refractivity contribution < 1.29 is 22.7 Å². The minimum atomic E-state index is -4.43. The molecular formula is C29H30F3N3O2. The van der Waals surface area contributed by atoms with Crippen molar-refractivity contribution in [3.8, 4) is 5.75 Å². The van der Waals surface area contributed by atoms with Crippen LogP contribution in [-0.2, 0) is 23.8 Å². The Kier molecular flexibility index (Phi) is 7.00. The third kappa shape index (κ3) is 5.24. The van der Waals surface area contributed by atoms with Crippen LogP contribution in [0.3, 0.4) is 0 Å². The molecule has 37 heavy (non-hydrogen) atoms. The Bertz CT molecular complexity index is 1250. The Labute approximate surface area is 214 Å². The number of nitrogens with one attached hydrogen (secondary N) is 1. The number of piperazine rings is 1. The zero-order valence-corrected chi connectivity index (χ0v) is 20.7. The zero-order chi connectivity index (χ0) is 26.0. The number of benzene rings is 3. The van der Waals surface area contributed by atoms with Gasteiger partial charge in [0.15, 0.2) is 0 Å². The lowest BCUT2D eigenvalue weighted by Crippen LogP contribution is -2.61. The molecule has 0 radical (unpaired) electrons. The van der Waals surface area contributed by atoms with E-state index in [4.69, 9.17) is 4.74 Å². The lowest BCUT2D eigenvalue weighted by Gasteiger charge is -2.49. The molecule has 8 heteroatoms. The molecule has 0 spiro atoms. The van der Waals surface area contributed by atoms with Gasteiger partial charge in [0.25, 0.3) is 0 Å². The molecule has 5 rings (SSSR count). The first-order valence-electron chi connectivity index (χ1n) is 12.5. The smallest absolute Gasteiger partial charge is 0.416 e. The molecule has 2 atom stereocenters. The van der Waals surface area contributed by atoms with Gasteiger partial charge >= 0.3 is 6.18 Å². The number of amides is 1. The van der Waals surface area contributed by atoms with Crippen molar-refractivity contribution in [2.24, 2.45) is 5.92 Å². The summed E-state index contributed by atoms with van der Waals surface area (Å²) >= 11 is 0. The fourth-order valence-electron chi connectivity index (χ4n) is 5.53. The Morgan fingerprint density at radius 2 is 1.78 bits per heavy atom. The Morgan fingerprint density at radius 1 is 1.03 bits per heavy atom. The van der Waals surface area contributed by atoms with Gasteiger partial charge in [-0.15, -0.1) is 0 Å². The predicted octanol–water partition coefficient (Wildman–Crippen LogP) is 4.94. The highest BCUT2D eigenvalue weighted by Gasteiger charge is 2.42. The molecule has 2 heterocycles. The van der Waals surface area contributed by atoms with Crippen LogP contribution < -0.4 is 19.9 Å². The van der Waals surface area contributed by atoms with E-state index in [1.807, 2.05) is 54.6 Å². The maximum absolute atomic E-state index is 13.5. The number of rotatable bonds is 6. The number of fused-ring (bicyclic) bond motifs is 3. The summed E-state index contributed by atoms with van der Waals surface area (Å²) in [6.45, 7) is 2.39. The quantitative estimate of drug-likeness (QED) is 0.511. The van der Waals surface area contributed by atoms with E-state index in [-0.39, 0.29) is 18.4 Å². The predicted molar refractivity (Wildman–Crippen MR) is 138 cm³/mol. The van der Waals surface area contributed by atoms with E-state index in [2.05, 4.69) is 15.1 Å². The van der Waals surface area contributed by atoms with Gasteiger partial charge in [-0.25, -0.2) is 0 Å². The molecule has 0 saturated carbocycles. The highest BCUT2D eigenvalue weighted by atomic mass is 19.4. The van der Waals surface area contributed by atoms with Gasteiger partial charge < -0.3 is 19.9 Å². The third-order valence-electron chi connectivity index (χ3n) is 7.38. The van der Waals surface area contributed by atoms with Crippen LogP contribution >= 0.6 is 0 Å². The fourth-order valence-corrected chi connectivity index (χ4v) is 5.53. The van der Waals surface area contributed by atoms with Crippen LogP contribution in [0.2, 0.25) is 0 Å². The Morgan fingerprint density at radius 3 is 2.54 bits per heavy atom. The van der Waals surface area contributed by atoms with Crippen molar-refractivity contribution in [3.63, 3.8) is 0 Å². The lowest BCUT2D eigenvalue weighted by molar-refractivity contribution is -0.137. The number of halogens is 3. The van der Waals surface area contributed by atoms with Crippen LogP contribution in [0.5, 0.6) is 5.75 Å². The molecule has 1 saturated heterocycles. The number of hydrogen-bond acceptors (Lipinski definition) is 4. The number of alkyl halides is 3. The minimum Gasteiger partial charge on any atom is -0.496 e. The maximum atomic E-state index is 13.5. The van der Waals surface area contributed by atoms with Crippen molar-refractivity contribution in [1.29, 1.82) is 0 Å². The Hall–Kier alpha value is -3.68. The number of methoxy groups -OCH3 is 1. The molecule has 2 unspecified atom stereocenters. The van der Waals surface area contributed by atoms with E-state index < -0.39 is 17.7 Å². The molecule has 2 aliphatic heterocycles. The Balaban J connectivity index is 1.39. The van der Waals surface area contributed by atoms with Crippen molar-refractivity contribution in [1.82, 2.24) is 5.32 Å². The summed E-state index contributed by atoms with van der Waals surface area (Å²) < 4.78 is 45.8. The molecule has 1 N–H and O–H groups in total. The summed E-state index contributed by atoms with van der Waals surface area (Å²) in [5, 5.41) is 3.05. The van der Waals surface area contributed by atoms with Crippen LogP contribution in [0.4, 0.5) is 24.5 Å². The minimum absolute atomic E-state index is 0.136. The van der Waals surface area contributed by atoms with Gasteiger partial charge in [0.2, 0.25) is 5.91 Å². The number of ether oxygens (including phenoxy) is 1. The van der Waals surface area contributed by atoms with Gasteiger partial charge in [-0.2, -0.15) is 13.2 Å². The molecule has 0 bridgehead atoms. The first-order chi connectivity index (χ1) is 17.8. The van der Waals surface area contributed by atoms with Crippen molar-refractivity contribution in [2.45, 2.75) is 25.1 Å². The number of hydrogen-bond donors (Lipinski definition) is 1. The first kappa shape index (κ1) is 25.0. The highest BCUT2D eigenvalue weighted by Crippen LogP contribution is 2.40. The van der Waals surface area contributed by atoms with Crippen LogP contribution in [0.25, 0.3) is 0 Å². The molecule has 1 amide bonds. The second kappa shape index (κ2) is 10.4. The van der Waals surface area contributed by atoms with Gasteiger partial charge in [-0.1, -0.05) is 36.4 Å². The zero-order valence-electron chi connectivity index (χ0n) is 20.7. The number of para-hydroxylation sites is 2. The molecular weight excluding hydrogens is 479 g/mol. The van der Waals surface area contributed by atoms with E-state index in [0.29, 0.717) is 31.6 Å². The average Bonchev–Trinajstić information content (AvgIpc) is 2.92. The molecule has 0 aromatic heterocycles. The van der Waals surface area contributed by atoms with Gasteiger partial charge in [0, 0.05) is 37.6 Å². The third-order valence-corrected chi connectivity index (χ3v) is 7.38. The SMILES string of the molecule is COc1ccccc1CCNC(=O)C1Cc2cc(C(F)(F)F)ccc2N2CCN(c3ccccc3)CC12. The fraction of sp³-hybridized carbons (Fsp3) is 0.345. The summed E-state index contributed by atoms with van der Waals surface area (Å²) in [5.41, 5.74) is 2.76. The molecule has 3 aromatic carbocycles. The largest absolute Gasteiger partial charge is 0.496 e. The van der Waals surface area contributed by atoms with E-state index >= 15 is 0 Å². The van der Waals surface area contributed by atoms with Crippen molar-refractivity contribution in [3.05, 3.63) is 89.5 Å².